The van der Waals surface area contributed by atoms with E-state index in [0.29, 0.717) is 17.6 Å². The maximum Gasteiger partial charge on any atom is 0.326 e. The molecule has 3 fully saturated rings. The molecule has 1 aromatic carbocycles. The highest BCUT2D eigenvalue weighted by Crippen LogP contribution is 2.37. The molecular formula is C22H29N5O3. The largest absolute Gasteiger partial charge is 0.366 e. The van der Waals surface area contributed by atoms with Crippen LogP contribution in [-0.4, -0.2) is 63.9 Å². The topological polar surface area (TPSA) is 104 Å². The van der Waals surface area contributed by atoms with E-state index in [2.05, 4.69) is 14.8 Å². The quantitative estimate of drug-likeness (QED) is 0.792. The van der Waals surface area contributed by atoms with Gasteiger partial charge >= 0.3 is 5.69 Å². The van der Waals surface area contributed by atoms with Gasteiger partial charge in [0.1, 0.15) is 0 Å². The van der Waals surface area contributed by atoms with Crippen LogP contribution in [0.1, 0.15) is 48.5 Å². The first kappa shape index (κ1) is 19.4. The average molecular weight is 412 g/mol. The van der Waals surface area contributed by atoms with Gasteiger partial charge in [0.15, 0.2) is 0 Å². The Bertz CT molecular complexity index is 1020. The lowest BCUT2D eigenvalue weighted by Gasteiger charge is -2.33. The van der Waals surface area contributed by atoms with Gasteiger partial charge in [0, 0.05) is 37.8 Å². The molecule has 30 heavy (non-hydrogen) atoms. The van der Waals surface area contributed by atoms with E-state index in [9.17, 15) is 14.4 Å². The number of primary amides is 1. The second-order valence-corrected chi connectivity index (χ2v) is 9.15. The van der Waals surface area contributed by atoms with Crippen LogP contribution >= 0.6 is 0 Å². The van der Waals surface area contributed by atoms with Crippen LogP contribution in [0.4, 0.5) is 0 Å². The summed E-state index contributed by atoms with van der Waals surface area (Å²) in [5, 5.41) is 0. The Morgan fingerprint density at radius 1 is 1.07 bits per heavy atom. The number of H-pyrrole nitrogens is 1. The van der Waals surface area contributed by atoms with E-state index >= 15 is 0 Å². The molecule has 1 aromatic heterocycles. The molecule has 160 valence electrons. The van der Waals surface area contributed by atoms with Crippen molar-refractivity contribution in [1.29, 1.82) is 0 Å². The molecule has 0 bridgehead atoms. The molecule has 1 aliphatic carbocycles. The van der Waals surface area contributed by atoms with Gasteiger partial charge in [-0.25, -0.2) is 4.79 Å². The van der Waals surface area contributed by atoms with Gasteiger partial charge in [0.05, 0.1) is 17.6 Å². The second kappa shape index (κ2) is 7.58. The van der Waals surface area contributed by atoms with E-state index in [1.165, 1.54) is 19.3 Å². The van der Waals surface area contributed by atoms with E-state index in [0.717, 1.165) is 56.4 Å². The number of piperidine rings is 1. The van der Waals surface area contributed by atoms with Gasteiger partial charge in [-0.1, -0.05) is 6.42 Å². The van der Waals surface area contributed by atoms with Crippen molar-refractivity contribution < 1.29 is 9.59 Å². The number of nitrogens with zero attached hydrogens (tertiary/aromatic N) is 3. The Balaban J connectivity index is 1.22. The fourth-order valence-electron chi connectivity index (χ4n) is 5.71. The van der Waals surface area contributed by atoms with Gasteiger partial charge in [0.2, 0.25) is 11.8 Å². The molecule has 3 N–H and O–H groups in total. The van der Waals surface area contributed by atoms with Crippen LogP contribution in [0.25, 0.3) is 11.0 Å². The molecule has 0 spiro atoms. The zero-order valence-electron chi connectivity index (χ0n) is 17.2. The van der Waals surface area contributed by atoms with E-state index in [-0.39, 0.29) is 17.6 Å². The van der Waals surface area contributed by atoms with Crippen LogP contribution in [0, 0.1) is 11.8 Å². The van der Waals surface area contributed by atoms with Crippen LogP contribution in [0.2, 0.25) is 0 Å². The summed E-state index contributed by atoms with van der Waals surface area (Å²) in [6, 6.07) is 5.17. The fourth-order valence-corrected chi connectivity index (χ4v) is 5.71. The summed E-state index contributed by atoms with van der Waals surface area (Å²) in [7, 11) is 0. The molecule has 5 rings (SSSR count). The number of benzene rings is 1. The van der Waals surface area contributed by atoms with Crippen LogP contribution < -0.4 is 11.4 Å². The highest BCUT2D eigenvalue weighted by molar-refractivity contribution is 5.96. The molecule has 8 nitrogen and oxygen atoms in total. The number of rotatable bonds is 4. The summed E-state index contributed by atoms with van der Waals surface area (Å²) < 4.78 is 1.79. The number of likely N-dealkylation sites (tertiary alicyclic amines) is 2. The van der Waals surface area contributed by atoms with Crippen LogP contribution in [0.3, 0.4) is 0 Å². The van der Waals surface area contributed by atoms with Crippen LogP contribution in [0.15, 0.2) is 23.0 Å². The highest BCUT2D eigenvalue weighted by atomic mass is 16.2. The molecule has 3 heterocycles. The number of aromatic nitrogens is 2. The molecule has 1 saturated carbocycles. The maximum absolute atomic E-state index is 12.8. The normalized spacial score (nSPS) is 25.1. The molecule has 2 saturated heterocycles. The smallest absolute Gasteiger partial charge is 0.326 e. The Morgan fingerprint density at radius 3 is 2.43 bits per heavy atom. The fraction of sp³-hybridized carbons (Fsp3) is 0.591. The van der Waals surface area contributed by atoms with Gasteiger partial charge in [-0.2, -0.15) is 0 Å². The number of hydrogen-bond acceptors (Lipinski definition) is 4. The third-order valence-corrected chi connectivity index (χ3v) is 7.36. The maximum atomic E-state index is 12.8. The number of imidazole rings is 1. The van der Waals surface area contributed by atoms with Crippen molar-refractivity contribution in [1.82, 2.24) is 19.4 Å². The van der Waals surface area contributed by atoms with Gasteiger partial charge in [-0.3, -0.25) is 19.1 Å². The lowest BCUT2D eigenvalue weighted by Crippen LogP contribution is -2.44. The van der Waals surface area contributed by atoms with E-state index in [1.54, 1.807) is 22.8 Å². The molecule has 2 aromatic rings. The molecule has 8 heteroatoms. The molecule has 2 amide bonds. The highest BCUT2D eigenvalue weighted by Gasteiger charge is 2.38. The third-order valence-electron chi connectivity index (χ3n) is 7.36. The van der Waals surface area contributed by atoms with Crippen LogP contribution in [-0.2, 0) is 4.79 Å². The lowest BCUT2D eigenvalue weighted by molar-refractivity contribution is -0.132. The van der Waals surface area contributed by atoms with Crippen molar-refractivity contribution in [3.05, 3.63) is 34.2 Å². The number of nitrogens with one attached hydrogen (secondary N) is 1. The number of fused-ring (bicyclic) bond motifs is 2. The minimum Gasteiger partial charge on any atom is -0.366 e. The SMILES string of the molecule is NC(=O)c1ccc2c(c1)[nH]c(=O)n2C1CCN(CC(=O)N2C[C@H]3CCC[C@H]3C2)CC1. The molecule has 0 unspecified atom stereocenters. The molecule has 0 radical (unpaired) electrons. The number of hydrogen-bond donors (Lipinski definition) is 2. The van der Waals surface area contributed by atoms with Crippen molar-refractivity contribution in [2.45, 2.75) is 38.1 Å². The zero-order valence-corrected chi connectivity index (χ0v) is 17.2. The number of carbonyl (C=O) groups is 2. The van der Waals surface area contributed by atoms with Gasteiger partial charge < -0.3 is 15.6 Å². The van der Waals surface area contributed by atoms with Crippen molar-refractivity contribution >= 4 is 22.8 Å². The average Bonchev–Trinajstić information content (AvgIpc) is 3.40. The predicted molar refractivity (Wildman–Crippen MR) is 113 cm³/mol. The van der Waals surface area contributed by atoms with Gasteiger partial charge in [0.25, 0.3) is 0 Å². The third kappa shape index (κ3) is 3.43. The van der Waals surface area contributed by atoms with Crippen molar-refractivity contribution in [3.63, 3.8) is 0 Å². The molecule has 2 atom stereocenters. The summed E-state index contributed by atoms with van der Waals surface area (Å²) in [6.45, 7) is 3.97. The number of nitrogens with two attached hydrogens (primary N) is 1. The molecular weight excluding hydrogens is 382 g/mol. The second-order valence-electron chi connectivity index (χ2n) is 9.15. The van der Waals surface area contributed by atoms with E-state index in [1.807, 2.05) is 0 Å². The van der Waals surface area contributed by atoms with Crippen molar-refractivity contribution in [2.75, 3.05) is 32.7 Å². The summed E-state index contributed by atoms with van der Waals surface area (Å²) in [5.74, 6) is 1.20. The van der Waals surface area contributed by atoms with Crippen molar-refractivity contribution in [3.8, 4) is 0 Å². The summed E-state index contributed by atoms with van der Waals surface area (Å²) in [5.41, 5.74) is 6.99. The summed E-state index contributed by atoms with van der Waals surface area (Å²) in [6.07, 6.45) is 5.52. The van der Waals surface area contributed by atoms with E-state index < -0.39 is 5.91 Å². The van der Waals surface area contributed by atoms with Gasteiger partial charge in [-0.15, -0.1) is 0 Å². The zero-order chi connectivity index (χ0) is 20.8. The van der Waals surface area contributed by atoms with E-state index in [4.69, 9.17) is 5.73 Å². The first-order chi connectivity index (χ1) is 14.5. The van der Waals surface area contributed by atoms with Gasteiger partial charge in [-0.05, 0) is 55.7 Å². The predicted octanol–water partition coefficient (Wildman–Crippen LogP) is 1.32. The Hall–Kier alpha value is -2.61. The standard InChI is InChI=1S/C22H29N5O3/c23-21(29)14-4-5-19-18(10-14)24-22(30)27(19)17-6-8-25(9-7-17)13-20(28)26-11-15-2-1-3-16(15)12-26/h4-5,10,15-17H,1-3,6-9,11-13H2,(H2,23,29)(H,24,30)/t15-,16+. The lowest BCUT2D eigenvalue weighted by atomic mass is 10.0. The minimum atomic E-state index is -0.509. The minimum absolute atomic E-state index is 0.0863. The van der Waals surface area contributed by atoms with Crippen molar-refractivity contribution in [2.24, 2.45) is 17.6 Å². The first-order valence-electron chi connectivity index (χ1n) is 11.0. The number of carbonyl (C=O) groups excluding carboxylic acids is 2. The summed E-state index contributed by atoms with van der Waals surface area (Å²) in [4.78, 5) is 43.9. The monoisotopic (exact) mass is 411 g/mol. The molecule has 2 aliphatic heterocycles. The Kier molecular flexibility index (Phi) is 4.89. The number of aromatic amines is 1. The Labute approximate surface area is 175 Å². The molecule has 3 aliphatic rings. The number of amides is 2. The first-order valence-corrected chi connectivity index (χ1v) is 11.0. The Morgan fingerprint density at radius 2 is 1.77 bits per heavy atom. The summed E-state index contributed by atoms with van der Waals surface area (Å²) >= 11 is 0. The van der Waals surface area contributed by atoms with Crippen LogP contribution in [0.5, 0.6) is 0 Å².